The summed E-state index contributed by atoms with van der Waals surface area (Å²) in [4.78, 5) is 10.4. The fraction of sp³-hybridized carbons (Fsp3) is 0.471. The molecule has 2 N–H and O–H groups in total. The second kappa shape index (κ2) is 6.00. The van der Waals surface area contributed by atoms with E-state index in [2.05, 4.69) is 46.1 Å². The molecular formula is C17H23N3O. The zero-order valence-corrected chi connectivity index (χ0v) is 12.7. The minimum absolute atomic E-state index is 0.202. The number of H-pyrrole nitrogens is 1. The summed E-state index contributed by atoms with van der Waals surface area (Å²) in [5.74, 6) is 1.02. The average Bonchev–Trinajstić information content (AvgIpc) is 2.80. The third-order valence-corrected chi connectivity index (χ3v) is 4.40. The van der Waals surface area contributed by atoms with Gasteiger partial charge in [0.2, 0.25) is 0 Å². The molecule has 1 saturated heterocycles. The maximum absolute atomic E-state index is 10.0. The van der Waals surface area contributed by atoms with Gasteiger partial charge in [-0.3, -0.25) is 4.90 Å². The fourth-order valence-electron chi connectivity index (χ4n) is 3.10. The molecule has 1 aromatic heterocycles. The Hall–Kier alpha value is -1.65. The third kappa shape index (κ3) is 3.17. The monoisotopic (exact) mass is 285 g/mol. The van der Waals surface area contributed by atoms with Crippen molar-refractivity contribution in [3.63, 3.8) is 0 Å². The molecule has 1 aliphatic rings. The number of nitrogens with zero attached hydrogens (tertiary/aromatic N) is 2. The number of aromatic amines is 1. The zero-order chi connectivity index (χ0) is 14.8. The highest BCUT2D eigenvalue weighted by atomic mass is 16.3. The molecule has 1 aliphatic heterocycles. The molecule has 0 aliphatic carbocycles. The molecule has 4 nitrogen and oxygen atoms in total. The summed E-state index contributed by atoms with van der Waals surface area (Å²) in [7, 11) is 0. The molecule has 1 aromatic carbocycles. The number of hydrogen-bond acceptors (Lipinski definition) is 3. The van der Waals surface area contributed by atoms with Crippen molar-refractivity contribution in [1.82, 2.24) is 14.9 Å². The summed E-state index contributed by atoms with van der Waals surface area (Å²) in [6, 6.07) is 10.7. The molecule has 21 heavy (non-hydrogen) atoms. The number of aromatic nitrogens is 2. The highest BCUT2D eigenvalue weighted by Crippen LogP contribution is 2.31. The van der Waals surface area contributed by atoms with Crippen LogP contribution < -0.4 is 0 Å². The Morgan fingerprint density at radius 3 is 2.71 bits per heavy atom. The van der Waals surface area contributed by atoms with Gasteiger partial charge in [0.15, 0.2) is 0 Å². The van der Waals surface area contributed by atoms with E-state index in [4.69, 9.17) is 0 Å². The van der Waals surface area contributed by atoms with E-state index in [-0.39, 0.29) is 12.1 Å². The Morgan fingerprint density at radius 1 is 1.29 bits per heavy atom. The summed E-state index contributed by atoms with van der Waals surface area (Å²) in [5.41, 5.74) is 3.48. The number of benzene rings is 1. The van der Waals surface area contributed by atoms with Crippen molar-refractivity contribution in [1.29, 1.82) is 0 Å². The summed E-state index contributed by atoms with van der Waals surface area (Å²) in [5, 5.41) is 10.0. The van der Waals surface area contributed by atoms with Crippen molar-refractivity contribution in [3.05, 3.63) is 53.1 Å². The van der Waals surface area contributed by atoms with Gasteiger partial charge in [0.25, 0.3) is 0 Å². The first-order chi connectivity index (χ1) is 10.1. The SMILES string of the molecule is Cc1nc(CN2CCC(O)CC2c2ccccc2)[nH]c1C. The summed E-state index contributed by atoms with van der Waals surface area (Å²) < 4.78 is 0. The molecule has 2 heterocycles. The van der Waals surface area contributed by atoms with Gasteiger partial charge in [0, 0.05) is 18.3 Å². The molecule has 112 valence electrons. The molecule has 2 atom stereocenters. The van der Waals surface area contributed by atoms with E-state index in [0.717, 1.165) is 43.1 Å². The van der Waals surface area contributed by atoms with Gasteiger partial charge in [-0.25, -0.2) is 4.98 Å². The number of aliphatic hydroxyl groups is 1. The van der Waals surface area contributed by atoms with E-state index in [0.29, 0.717) is 0 Å². The zero-order valence-electron chi connectivity index (χ0n) is 12.7. The lowest BCUT2D eigenvalue weighted by atomic mass is 9.93. The number of likely N-dealkylation sites (tertiary alicyclic amines) is 1. The fourth-order valence-corrected chi connectivity index (χ4v) is 3.10. The van der Waals surface area contributed by atoms with Gasteiger partial charge in [-0.2, -0.15) is 0 Å². The van der Waals surface area contributed by atoms with E-state index in [1.807, 2.05) is 13.0 Å². The van der Waals surface area contributed by atoms with Crippen molar-refractivity contribution in [3.8, 4) is 0 Å². The lowest BCUT2D eigenvalue weighted by molar-refractivity contribution is 0.0351. The van der Waals surface area contributed by atoms with E-state index < -0.39 is 0 Å². The van der Waals surface area contributed by atoms with E-state index in [9.17, 15) is 5.11 Å². The number of nitrogens with one attached hydrogen (secondary N) is 1. The maximum atomic E-state index is 10.0. The van der Waals surface area contributed by atoms with Crippen LogP contribution in [0.2, 0.25) is 0 Å². The van der Waals surface area contributed by atoms with Gasteiger partial charge < -0.3 is 10.1 Å². The van der Waals surface area contributed by atoms with Crippen LogP contribution in [0.5, 0.6) is 0 Å². The van der Waals surface area contributed by atoms with Gasteiger partial charge in [-0.1, -0.05) is 30.3 Å². The lowest BCUT2D eigenvalue weighted by Crippen LogP contribution is -2.38. The minimum Gasteiger partial charge on any atom is -0.393 e. The van der Waals surface area contributed by atoms with Crippen LogP contribution in [0.3, 0.4) is 0 Å². The maximum Gasteiger partial charge on any atom is 0.120 e. The standard InChI is InChI=1S/C17H23N3O/c1-12-13(2)19-17(18-12)11-20-9-8-15(21)10-16(20)14-6-4-3-5-7-14/h3-7,15-16,21H,8-11H2,1-2H3,(H,18,19). The first-order valence-corrected chi connectivity index (χ1v) is 7.62. The first kappa shape index (κ1) is 14.3. The first-order valence-electron chi connectivity index (χ1n) is 7.62. The van der Waals surface area contributed by atoms with Crippen molar-refractivity contribution in [2.75, 3.05) is 6.54 Å². The van der Waals surface area contributed by atoms with E-state index in [1.165, 1.54) is 5.56 Å². The normalized spacial score (nSPS) is 23.4. The molecule has 2 aromatic rings. The Morgan fingerprint density at radius 2 is 2.05 bits per heavy atom. The predicted octanol–water partition coefficient (Wildman–Crippen LogP) is 2.72. The summed E-state index contributed by atoms with van der Waals surface area (Å²) in [6.45, 7) is 5.80. The van der Waals surface area contributed by atoms with Crippen molar-refractivity contribution < 1.29 is 5.11 Å². The molecule has 1 fully saturated rings. The van der Waals surface area contributed by atoms with Crippen LogP contribution in [0.1, 0.15) is 41.7 Å². The van der Waals surface area contributed by atoms with Crippen molar-refractivity contribution in [2.24, 2.45) is 0 Å². The van der Waals surface area contributed by atoms with Crippen molar-refractivity contribution >= 4 is 0 Å². The minimum atomic E-state index is -0.202. The molecule has 0 amide bonds. The van der Waals surface area contributed by atoms with Crippen LogP contribution in [0.4, 0.5) is 0 Å². The van der Waals surface area contributed by atoms with Crippen LogP contribution in [0, 0.1) is 13.8 Å². The molecular weight excluding hydrogens is 262 g/mol. The number of imidazole rings is 1. The summed E-state index contributed by atoms with van der Waals surface area (Å²) >= 11 is 0. The van der Waals surface area contributed by atoms with Crippen LogP contribution in [0.25, 0.3) is 0 Å². The highest BCUT2D eigenvalue weighted by molar-refractivity contribution is 5.20. The molecule has 4 heteroatoms. The van der Waals surface area contributed by atoms with Gasteiger partial charge in [-0.15, -0.1) is 0 Å². The van der Waals surface area contributed by atoms with Crippen LogP contribution in [-0.2, 0) is 6.54 Å². The number of hydrogen-bond donors (Lipinski definition) is 2. The Bertz CT molecular complexity index is 574. The van der Waals surface area contributed by atoms with Crippen LogP contribution in [0.15, 0.2) is 30.3 Å². The lowest BCUT2D eigenvalue weighted by Gasteiger charge is -2.37. The topological polar surface area (TPSA) is 52.1 Å². The van der Waals surface area contributed by atoms with Gasteiger partial charge in [0.05, 0.1) is 18.3 Å². The number of piperidine rings is 1. The number of rotatable bonds is 3. The molecule has 0 saturated carbocycles. The highest BCUT2D eigenvalue weighted by Gasteiger charge is 2.29. The smallest absolute Gasteiger partial charge is 0.120 e. The number of aliphatic hydroxyl groups excluding tert-OH is 1. The second-order valence-corrected chi connectivity index (χ2v) is 5.97. The van der Waals surface area contributed by atoms with Gasteiger partial charge in [-0.05, 0) is 32.3 Å². The Kier molecular flexibility index (Phi) is 4.08. The second-order valence-electron chi connectivity index (χ2n) is 5.97. The molecule has 2 unspecified atom stereocenters. The van der Waals surface area contributed by atoms with E-state index >= 15 is 0 Å². The summed E-state index contributed by atoms with van der Waals surface area (Å²) in [6.07, 6.45) is 1.43. The largest absolute Gasteiger partial charge is 0.393 e. The molecule has 0 radical (unpaired) electrons. The van der Waals surface area contributed by atoms with Crippen LogP contribution >= 0.6 is 0 Å². The van der Waals surface area contributed by atoms with Crippen molar-refractivity contribution in [2.45, 2.75) is 45.4 Å². The molecule has 0 spiro atoms. The molecule has 0 bridgehead atoms. The average molecular weight is 285 g/mol. The third-order valence-electron chi connectivity index (χ3n) is 4.40. The Balaban J connectivity index is 1.81. The Labute approximate surface area is 125 Å². The van der Waals surface area contributed by atoms with Gasteiger partial charge in [0.1, 0.15) is 5.82 Å². The number of aryl methyl sites for hydroxylation is 2. The predicted molar refractivity (Wildman–Crippen MR) is 82.9 cm³/mol. The van der Waals surface area contributed by atoms with E-state index in [1.54, 1.807) is 0 Å². The van der Waals surface area contributed by atoms with Gasteiger partial charge >= 0.3 is 0 Å². The molecule has 3 rings (SSSR count). The quantitative estimate of drug-likeness (QED) is 0.911. The van der Waals surface area contributed by atoms with Crippen LogP contribution in [-0.4, -0.2) is 32.6 Å².